The second-order valence-corrected chi connectivity index (χ2v) is 8.96. The van der Waals surface area contributed by atoms with Crippen LogP contribution in [0.1, 0.15) is 36.2 Å². The Morgan fingerprint density at radius 1 is 1.21 bits per heavy atom. The van der Waals surface area contributed by atoms with Gasteiger partial charge in [0.05, 0.1) is 30.7 Å². The lowest BCUT2D eigenvalue weighted by atomic mass is 9.83. The lowest BCUT2D eigenvalue weighted by Crippen LogP contribution is -2.48. The van der Waals surface area contributed by atoms with Crippen molar-refractivity contribution < 1.29 is 19.1 Å². The van der Waals surface area contributed by atoms with E-state index in [0.29, 0.717) is 18.7 Å². The highest BCUT2D eigenvalue weighted by atomic mass is 16.5. The van der Waals surface area contributed by atoms with Gasteiger partial charge in [-0.05, 0) is 31.0 Å². The first-order chi connectivity index (χ1) is 16.6. The topological polar surface area (TPSA) is 109 Å². The number of carbonyl (C=O) groups is 2. The fraction of sp³-hybridized carbons (Fsp3) is 0.560. The van der Waals surface area contributed by atoms with E-state index in [-0.39, 0.29) is 30.3 Å². The van der Waals surface area contributed by atoms with E-state index in [1.54, 1.807) is 0 Å². The van der Waals surface area contributed by atoms with Gasteiger partial charge in [0.1, 0.15) is 24.6 Å². The number of fused-ring (bicyclic) bond motifs is 1. The third-order valence-electron chi connectivity index (χ3n) is 6.79. The second kappa shape index (κ2) is 11.4. The van der Waals surface area contributed by atoms with Gasteiger partial charge in [-0.3, -0.25) is 14.5 Å². The van der Waals surface area contributed by atoms with E-state index in [1.807, 2.05) is 41.9 Å². The maximum atomic E-state index is 13.2. The molecule has 0 spiro atoms. The van der Waals surface area contributed by atoms with Crippen molar-refractivity contribution in [3.63, 3.8) is 0 Å². The lowest BCUT2D eigenvalue weighted by Gasteiger charge is -2.31. The molecular formula is C25H33N5O4. The quantitative estimate of drug-likeness (QED) is 0.574. The molecule has 2 heterocycles. The minimum atomic E-state index is -0.313. The summed E-state index contributed by atoms with van der Waals surface area (Å²) in [7, 11) is 1.87. The summed E-state index contributed by atoms with van der Waals surface area (Å²) >= 11 is 0. The number of amides is 2. The predicted molar refractivity (Wildman–Crippen MR) is 128 cm³/mol. The fourth-order valence-electron chi connectivity index (χ4n) is 4.85. The van der Waals surface area contributed by atoms with Crippen molar-refractivity contribution in [3.05, 3.63) is 30.0 Å². The summed E-state index contributed by atoms with van der Waals surface area (Å²) in [6.07, 6.45) is 3.37. The van der Waals surface area contributed by atoms with E-state index in [4.69, 9.17) is 14.7 Å². The van der Waals surface area contributed by atoms with Crippen LogP contribution in [0.2, 0.25) is 0 Å². The van der Waals surface area contributed by atoms with Gasteiger partial charge in [-0.25, -0.2) is 0 Å². The predicted octanol–water partition coefficient (Wildman–Crippen LogP) is 1.82. The molecule has 2 atom stereocenters. The van der Waals surface area contributed by atoms with Crippen LogP contribution in [0, 0.1) is 17.2 Å². The summed E-state index contributed by atoms with van der Waals surface area (Å²) in [5, 5.41) is 15.4. The van der Waals surface area contributed by atoms with Gasteiger partial charge in [-0.2, -0.15) is 5.26 Å². The number of carbonyl (C=O) groups excluding carboxylic acids is 2. The van der Waals surface area contributed by atoms with Crippen LogP contribution in [0.25, 0.3) is 10.9 Å². The number of morpholine rings is 1. The van der Waals surface area contributed by atoms with Gasteiger partial charge in [-0.1, -0.05) is 12.8 Å². The van der Waals surface area contributed by atoms with Crippen molar-refractivity contribution >= 4 is 22.7 Å². The van der Waals surface area contributed by atoms with Crippen LogP contribution < -0.4 is 15.4 Å². The number of nitriles is 1. The van der Waals surface area contributed by atoms with Crippen LogP contribution in [-0.2, 0) is 16.6 Å². The maximum absolute atomic E-state index is 13.2. The highest BCUT2D eigenvalue weighted by Crippen LogP contribution is 2.27. The standard InChI is InChI=1S/C25H33N5O4/c1-29-22-17-19(34-15-12-30-10-13-33-14-11-30)7-6-18(22)16-23(29)25(32)28-21-5-3-2-4-20(21)24(31)27-9-8-26/h6-7,16-17,20-21H,2-5,9-15H2,1H3,(H,27,31)(H,28,32)/t20-,21+/m1/s1. The average molecular weight is 468 g/mol. The summed E-state index contributed by atoms with van der Waals surface area (Å²) in [6.45, 7) is 4.84. The molecule has 9 heteroatoms. The molecule has 9 nitrogen and oxygen atoms in total. The van der Waals surface area contributed by atoms with Gasteiger partial charge in [0.15, 0.2) is 0 Å². The van der Waals surface area contributed by atoms with Crippen molar-refractivity contribution in [3.8, 4) is 11.8 Å². The summed E-state index contributed by atoms with van der Waals surface area (Å²) in [5.74, 6) is 0.101. The van der Waals surface area contributed by atoms with Crippen molar-refractivity contribution in [2.24, 2.45) is 13.0 Å². The molecule has 4 rings (SSSR count). The number of hydrogen-bond donors (Lipinski definition) is 2. The molecule has 1 saturated heterocycles. The fourth-order valence-corrected chi connectivity index (χ4v) is 4.85. The van der Waals surface area contributed by atoms with Crippen molar-refractivity contribution in [1.29, 1.82) is 5.26 Å². The number of benzene rings is 1. The Labute approximate surface area is 200 Å². The third-order valence-corrected chi connectivity index (χ3v) is 6.79. The van der Waals surface area contributed by atoms with Gasteiger partial charge < -0.3 is 24.7 Å². The number of nitrogens with zero attached hydrogens (tertiary/aromatic N) is 3. The number of nitrogens with one attached hydrogen (secondary N) is 2. The first-order valence-electron chi connectivity index (χ1n) is 12.0. The lowest BCUT2D eigenvalue weighted by molar-refractivity contribution is -0.126. The zero-order valence-electron chi connectivity index (χ0n) is 19.7. The molecule has 1 saturated carbocycles. The van der Waals surface area contributed by atoms with E-state index in [9.17, 15) is 9.59 Å². The molecule has 2 N–H and O–H groups in total. The van der Waals surface area contributed by atoms with E-state index >= 15 is 0 Å². The van der Waals surface area contributed by atoms with E-state index < -0.39 is 0 Å². The Bertz CT molecular complexity index is 1050. The van der Waals surface area contributed by atoms with Gasteiger partial charge in [0, 0.05) is 44.2 Å². The molecule has 0 bridgehead atoms. The Morgan fingerprint density at radius 3 is 2.79 bits per heavy atom. The smallest absolute Gasteiger partial charge is 0.268 e. The number of hydrogen-bond acceptors (Lipinski definition) is 6. The van der Waals surface area contributed by atoms with Crippen molar-refractivity contribution in [1.82, 2.24) is 20.1 Å². The Kier molecular flexibility index (Phi) is 8.03. The molecule has 2 amide bonds. The Balaban J connectivity index is 1.40. The summed E-state index contributed by atoms with van der Waals surface area (Å²) in [6, 6.07) is 9.43. The van der Waals surface area contributed by atoms with Crippen molar-refractivity contribution in [2.45, 2.75) is 31.7 Å². The molecular weight excluding hydrogens is 434 g/mol. The van der Waals surface area contributed by atoms with Crippen molar-refractivity contribution in [2.75, 3.05) is 46.0 Å². The largest absolute Gasteiger partial charge is 0.492 e. The molecule has 2 aromatic rings. The molecule has 1 aromatic heterocycles. The number of ether oxygens (including phenoxy) is 2. The minimum Gasteiger partial charge on any atom is -0.492 e. The Hall–Kier alpha value is -3.09. The van der Waals surface area contributed by atoms with E-state index in [2.05, 4.69) is 15.5 Å². The highest BCUT2D eigenvalue weighted by molar-refractivity contribution is 5.99. The molecule has 0 radical (unpaired) electrons. The van der Waals surface area contributed by atoms with Crippen LogP contribution in [-0.4, -0.2) is 73.3 Å². The number of aromatic nitrogens is 1. The maximum Gasteiger partial charge on any atom is 0.268 e. The minimum absolute atomic E-state index is 0.0178. The highest BCUT2D eigenvalue weighted by Gasteiger charge is 2.32. The third kappa shape index (κ3) is 5.69. The molecule has 34 heavy (non-hydrogen) atoms. The normalized spacial score (nSPS) is 21.1. The Morgan fingerprint density at radius 2 is 2.00 bits per heavy atom. The SMILES string of the molecule is Cn1c(C(=O)N[C@H]2CCCC[C@H]2C(=O)NCC#N)cc2ccc(OCCN3CCOCC3)cc21. The van der Waals surface area contributed by atoms with Crippen LogP contribution in [0.3, 0.4) is 0 Å². The van der Waals surface area contributed by atoms with E-state index in [0.717, 1.165) is 68.8 Å². The molecule has 2 aliphatic rings. The molecule has 182 valence electrons. The van der Waals surface area contributed by atoms with Crippen LogP contribution >= 0.6 is 0 Å². The summed E-state index contributed by atoms with van der Waals surface area (Å²) in [4.78, 5) is 28.0. The van der Waals surface area contributed by atoms with Crippen LogP contribution in [0.5, 0.6) is 5.75 Å². The first kappa shape index (κ1) is 24.0. The average Bonchev–Trinajstić information content (AvgIpc) is 3.19. The molecule has 1 aliphatic heterocycles. The number of rotatable bonds is 8. The first-order valence-corrected chi connectivity index (χ1v) is 12.0. The zero-order valence-corrected chi connectivity index (χ0v) is 19.7. The van der Waals surface area contributed by atoms with Gasteiger partial charge in [0.25, 0.3) is 5.91 Å². The monoisotopic (exact) mass is 467 g/mol. The molecule has 1 aromatic carbocycles. The second-order valence-electron chi connectivity index (χ2n) is 8.96. The molecule has 2 fully saturated rings. The van der Waals surface area contributed by atoms with Gasteiger partial charge >= 0.3 is 0 Å². The zero-order chi connectivity index (χ0) is 23.9. The molecule has 1 aliphatic carbocycles. The summed E-state index contributed by atoms with van der Waals surface area (Å²) < 4.78 is 13.2. The number of aryl methyl sites for hydroxylation is 1. The molecule has 0 unspecified atom stereocenters. The van der Waals surface area contributed by atoms with E-state index in [1.165, 1.54) is 0 Å². The van der Waals surface area contributed by atoms with Crippen LogP contribution in [0.4, 0.5) is 0 Å². The van der Waals surface area contributed by atoms with Crippen LogP contribution in [0.15, 0.2) is 24.3 Å². The van der Waals surface area contributed by atoms with Gasteiger partial charge in [-0.15, -0.1) is 0 Å². The summed E-state index contributed by atoms with van der Waals surface area (Å²) in [5.41, 5.74) is 1.46. The van der Waals surface area contributed by atoms with Gasteiger partial charge in [0.2, 0.25) is 5.91 Å².